The Hall–Kier alpha value is -0.730. The second kappa shape index (κ2) is 5.72. The minimum atomic E-state index is -0.631. The molecule has 2 rings (SSSR count). The molecule has 0 radical (unpaired) electrons. The van der Waals surface area contributed by atoms with Crippen LogP contribution in [0.1, 0.15) is 13.8 Å². The Morgan fingerprint density at radius 2 is 2.11 bits per heavy atom. The standard InChI is InChI=1S/C12H21NO6/c1-12(2)18-5-8(19-12)9-10(17-7-16-4)11(14)13(9)6-15-3/h8-10H,5-7H2,1-4H3/t8-,9-,10-/m1/s1. The molecule has 0 unspecified atom stereocenters. The number of likely N-dealkylation sites (tertiary alicyclic amines) is 1. The van der Waals surface area contributed by atoms with Gasteiger partial charge in [-0.05, 0) is 13.8 Å². The third kappa shape index (κ3) is 2.90. The molecule has 2 saturated heterocycles. The Morgan fingerprint density at radius 3 is 2.63 bits per heavy atom. The van der Waals surface area contributed by atoms with E-state index in [-0.39, 0.29) is 31.6 Å². The van der Waals surface area contributed by atoms with Crippen LogP contribution in [0, 0.1) is 0 Å². The van der Waals surface area contributed by atoms with E-state index in [9.17, 15) is 4.79 Å². The van der Waals surface area contributed by atoms with Crippen LogP contribution in [-0.4, -0.2) is 69.2 Å². The summed E-state index contributed by atoms with van der Waals surface area (Å²) >= 11 is 0. The van der Waals surface area contributed by atoms with Crippen molar-refractivity contribution in [2.45, 2.75) is 37.9 Å². The zero-order valence-corrected chi connectivity index (χ0v) is 11.8. The largest absolute Gasteiger partial charge is 0.364 e. The van der Waals surface area contributed by atoms with Crippen molar-refractivity contribution in [1.29, 1.82) is 0 Å². The van der Waals surface area contributed by atoms with E-state index in [0.717, 1.165) is 0 Å². The lowest BCUT2D eigenvalue weighted by atomic mass is 9.93. The number of carbonyl (C=O) groups is 1. The summed E-state index contributed by atoms with van der Waals surface area (Å²) in [5.41, 5.74) is 0. The van der Waals surface area contributed by atoms with Crippen LogP contribution in [-0.2, 0) is 28.5 Å². The Bertz CT molecular complexity index is 334. The molecule has 0 aliphatic carbocycles. The number of rotatable bonds is 6. The third-order valence-electron chi connectivity index (χ3n) is 3.24. The van der Waals surface area contributed by atoms with E-state index in [4.69, 9.17) is 23.7 Å². The Kier molecular flexibility index (Phi) is 4.42. The predicted molar refractivity (Wildman–Crippen MR) is 64.2 cm³/mol. The van der Waals surface area contributed by atoms with Crippen molar-refractivity contribution < 1.29 is 28.5 Å². The van der Waals surface area contributed by atoms with E-state index in [1.165, 1.54) is 7.11 Å². The molecule has 0 spiro atoms. The van der Waals surface area contributed by atoms with Crippen molar-refractivity contribution in [3.05, 3.63) is 0 Å². The van der Waals surface area contributed by atoms with Gasteiger partial charge in [-0.25, -0.2) is 0 Å². The molecule has 2 aliphatic heterocycles. The van der Waals surface area contributed by atoms with Gasteiger partial charge in [0.2, 0.25) is 0 Å². The van der Waals surface area contributed by atoms with Gasteiger partial charge in [0, 0.05) is 14.2 Å². The minimum absolute atomic E-state index is 0.0741. The molecule has 19 heavy (non-hydrogen) atoms. The van der Waals surface area contributed by atoms with Crippen LogP contribution >= 0.6 is 0 Å². The lowest BCUT2D eigenvalue weighted by Crippen LogP contribution is -2.70. The van der Waals surface area contributed by atoms with E-state index < -0.39 is 11.9 Å². The molecule has 1 amide bonds. The first-order valence-electron chi connectivity index (χ1n) is 6.22. The second-order valence-electron chi connectivity index (χ2n) is 5.08. The normalized spacial score (nSPS) is 33.6. The summed E-state index contributed by atoms with van der Waals surface area (Å²) in [5, 5.41) is 0. The first-order chi connectivity index (χ1) is 9.00. The fraction of sp³-hybridized carbons (Fsp3) is 0.917. The van der Waals surface area contributed by atoms with Crippen molar-refractivity contribution in [3.63, 3.8) is 0 Å². The molecule has 0 saturated carbocycles. The zero-order valence-electron chi connectivity index (χ0n) is 11.8. The molecule has 0 aromatic rings. The van der Waals surface area contributed by atoms with Gasteiger partial charge >= 0.3 is 0 Å². The van der Waals surface area contributed by atoms with Crippen molar-refractivity contribution in [1.82, 2.24) is 4.90 Å². The molecule has 2 fully saturated rings. The van der Waals surface area contributed by atoms with Crippen molar-refractivity contribution >= 4 is 5.91 Å². The molecule has 0 bridgehead atoms. The maximum absolute atomic E-state index is 12.0. The maximum atomic E-state index is 12.0. The van der Waals surface area contributed by atoms with Gasteiger partial charge in [-0.3, -0.25) is 4.79 Å². The van der Waals surface area contributed by atoms with E-state index in [1.807, 2.05) is 13.8 Å². The number of carbonyl (C=O) groups excluding carboxylic acids is 1. The lowest BCUT2D eigenvalue weighted by Gasteiger charge is -2.47. The van der Waals surface area contributed by atoms with Crippen LogP contribution in [0.4, 0.5) is 0 Å². The van der Waals surface area contributed by atoms with E-state index in [1.54, 1.807) is 12.0 Å². The molecule has 110 valence electrons. The average molecular weight is 275 g/mol. The number of hydrogen-bond acceptors (Lipinski definition) is 6. The van der Waals surface area contributed by atoms with Gasteiger partial charge in [0.25, 0.3) is 5.91 Å². The highest BCUT2D eigenvalue weighted by molar-refractivity contribution is 5.88. The molecule has 7 heteroatoms. The highest BCUT2D eigenvalue weighted by atomic mass is 16.7. The van der Waals surface area contributed by atoms with E-state index in [0.29, 0.717) is 6.61 Å². The number of nitrogens with zero attached hydrogens (tertiary/aromatic N) is 1. The van der Waals surface area contributed by atoms with Gasteiger partial charge in [-0.1, -0.05) is 0 Å². The average Bonchev–Trinajstić information content (AvgIpc) is 2.71. The van der Waals surface area contributed by atoms with E-state index >= 15 is 0 Å². The van der Waals surface area contributed by atoms with Crippen LogP contribution in [0.3, 0.4) is 0 Å². The predicted octanol–water partition coefficient (Wildman–Crippen LogP) is -0.0583. The first kappa shape index (κ1) is 14.7. The van der Waals surface area contributed by atoms with Crippen molar-refractivity contribution in [2.75, 3.05) is 34.4 Å². The second-order valence-corrected chi connectivity index (χ2v) is 5.08. The lowest BCUT2D eigenvalue weighted by molar-refractivity contribution is -0.216. The van der Waals surface area contributed by atoms with Gasteiger partial charge in [-0.2, -0.15) is 0 Å². The van der Waals surface area contributed by atoms with Gasteiger partial charge in [0.1, 0.15) is 19.6 Å². The molecule has 0 aromatic carbocycles. The van der Waals surface area contributed by atoms with E-state index in [2.05, 4.69) is 0 Å². The minimum Gasteiger partial charge on any atom is -0.364 e. The maximum Gasteiger partial charge on any atom is 0.256 e. The van der Waals surface area contributed by atoms with Crippen molar-refractivity contribution in [2.24, 2.45) is 0 Å². The van der Waals surface area contributed by atoms with Crippen LogP contribution in [0.15, 0.2) is 0 Å². The smallest absolute Gasteiger partial charge is 0.256 e. The Balaban J connectivity index is 2.02. The number of hydrogen-bond donors (Lipinski definition) is 0. The topological polar surface area (TPSA) is 66.5 Å². The number of ether oxygens (including phenoxy) is 5. The molecule has 2 aliphatic rings. The highest BCUT2D eigenvalue weighted by Crippen LogP contribution is 2.33. The molecular weight excluding hydrogens is 254 g/mol. The third-order valence-corrected chi connectivity index (χ3v) is 3.24. The number of methoxy groups -OCH3 is 2. The van der Waals surface area contributed by atoms with Crippen molar-refractivity contribution in [3.8, 4) is 0 Å². The molecule has 7 nitrogen and oxygen atoms in total. The van der Waals surface area contributed by atoms with Gasteiger partial charge in [0.15, 0.2) is 11.9 Å². The summed E-state index contributed by atoms with van der Waals surface area (Å²) in [6, 6.07) is -0.204. The molecule has 2 heterocycles. The number of β-lactam (4-membered cyclic amide) rings is 1. The summed E-state index contributed by atoms with van der Waals surface area (Å²) in [6.45, 7) is 4.41. The summed E-state index contributed by atoms with van der Waals surface area (Å²) in [7, 11) is 3.06. The van der Waals surface area contributed by atoms with Crippen LogP contribution in [0.2, 0.25) is 0 Å². The van der Waals surface area contributed by atoms with Gasteiger partial charge in [0.05, 0.1) is 12.6 Å². The highest BCUT2D eigenvalue weighted by Gasteiger charge is 2.55. The summed E-state index contributed by atoms with van der Waals surface area (Å²) < 4.78 is 26.6. The van der Waals surface area contributed by atoms with Gasteiger partial charge < -0.3 is 28.6 Å². The van der Waals surface area contributed by atoms with Crippen LogP contribution < -0.4 is 0 Å². The Labute approximate surface area is 112 Å². The summed E-state index contributed by atoms with van der Waals surface area (Å²) in [5.74, 6) is -0.745. The SMILES string of the molecule is COCO[C@H]1C(=O)N(COC)[C@@H]1[C@H]1COC(C)(C)O1. The molecule has 0 aromatic heterocycles. The summed E-state index contributed by atoms with van der Waals surface area (Å²) in [4.78, 5) is 13.5. The fourth-order valence-electron chi connectivity index (χ4n) is 2.42. The molecule has 0 N–H and O–H groups in total. The monoisotopic (exact) mass is 275 g/mol. The van der Waals surface area contributed by atoms with Crippen LogP contribution in [0.5, 0.6) is 0 Å². The molecule has 3 atom stereocenters. The zero-order chi connectivity index (χ0) is 14.0. The number of amides is 1. The van der Waals surface area contributed by atoms with Crippen LogP contribution in [0.25, 0.3) is 0 Å². The fourth-order valence-corrected chi connectivity index (χ4v) is 2.42. The van der Waals surface area contributed by atoms with Gasteiger partial charge in [-0.15, -0.1) is 0 Å². The first-order valence-corrected chi connectivity index (χ1v) is 6.22. The summed E-state index contributed by atoms with van der Waals surface area (Å²) in [6.07, 6.45) is -0.776. The molecular formula is C12H21NO6. The quantitative estimate of drug-likeness (QED) is 0.500. The Morgan fingerprint density at radius 1 is 1.37 bits per heavy atom.